The predicted octanol–water partition coefficient (Wildman–Crippen LogP) is 2.90. The Labute approximate surface area is 84.8 Å². The fraction of sp³-hybridized carbons (Fsp3) is 0.500. The first kappa shape index (κ1) is 9.69. The van der Waals surface area contributed by atoms with Gasteiger partial charge >= 0.3 is 0 Å². The summed E-state index contributed by atoms with van der Waals surface area (Å²) in [7, 11) is 0. The fourth-order valence-corrected chi connectivity index (χ4v) is 1.69. The van der Waals surface area contributed by atoms with Crippen molar-refractivity contribution >= 4 is 0 Å². The van der Waals surface area contributed by atoms with E-state index in [0.717, 1.165) is 19.4 Å². The highest BCUT2D eigenvalue weighted by atomic mass is 16.7. The summed E-state index contributed by atoms with van der Waals surface area (Å²) in [5, 5.41) is 0. The Balaban J connectivity index is 1.92. The molecule has 1 aromatic rings. The molecule has 0 aromatic heterocycles. The molecule has 1 aliphatic heterocycles. The van der Waals surface area contributed by atoms with Crippen molar-refractivity contribution in [3.63, 3.8) is 0 Å². The second kappa shape index (κ2) is 4.58. The van der Waals surface area contributed by atoms with Crippen LogP contribution >= 0.6 is 0 Å². The smallest absolute Gasteiger partial charge is 0.158 e. The molecule has 0 saturated carbocycles. The molecule has 0 spiro atoms. The largest absolute Gasteiger partial charge is 0.353 e. The minimum atomic E-state index is 0.00482. The van der Waals surface area contributed by atoms with E-state index in [9.17, 15) is 0 Å². The summed E-state index contributed by atoms with van der Waals surface area (Å²) >= 11 is 0. The van der Waals surface area contributed by atoms with Crippen molar-refractivity contribution in [3.8, 4) is 0 Å². The lowest BCUT2D eigenvalue weighted by molar-refractivity contribution is -0.140. The van der Waals surface area contributed by atoms with Crippen molar-refractivity contribution in [3.05, 3.63) is 35.9 Å². The molecular formula is C12H16O2. The first-order valence-electron chi connectivity index (χ1n) is 5.18. The van der Waals surface area contributed by atoms with Gasteiger partial charge in [-0.25, -0.2) is 0 Å². The van der Waals surface area contributed by atoms with Crippen LogP contribution in [0.3, 0.4) is 0 Å². The molecule has 2 rings (SSSR count). The molecule has 1 unspecified atom stereocenters. The quantitative estimate of drug-likeness (QED) is 0.733. The van der Waals surface area contributed by atoms with E-state index in [0.29, 0.717) is 0 Å². The molecule has 0 bridgehead atoms. The standard InChI is InChI=1S/C12H16O2/c1-10(11-6-3-2-4-7-11)14-12-8-5-9-13-12/h2-4,6-7,10,12H,5,8-9H2,1H3/t10-,12?/m0/s1. The summed E-state index contributed by atoms with van der Waals surface area (Å²) in [5.41, 5.74) is 1.21. The summed E-state index contributed by atoms with van der Waals surface area (Å²) in [4.78, 5) is 0. The maximum absolute atomic E-state index is 5.78. The Morgan fingerprint density at radius 3 is 2.79 bits per heavy atom. The number of ether oxygens (including phenoxy) is 2. The molecule has 2 nitrogen and oxygen atoms in total. The van der Waals surface area contributed by atoms with Gasteiger partial charge in [0, 0.05) is 13.0 Å². The van der Waals surface area contributed by atoms with Crippen molar-refractivity contribution < 1.29 is 9.47 Å². The molecule has 14 heavy (non-hydrogen) atoms. The third-order valence-electron chi connectivity index (χ3n) is 2.51. The predicted molar refractivity (Wildman–Crippen MR) is 54.9 cm³/mol. The van der Waals surface area contributed by atoms with Crippen LogP contribution in [0, 0.1) is 0 Å². The third kappa shape index (κ3) is 2.34. The van der Waals surface area contributed by atoms with Crippen LogP contribution < -0.4 is 0 Å². The van der Waals surface area contributed by atoms with Crippen LogP contribution in [0.25, 0.3) is 0 Å². The lowest BCUT2D eigenvalue weighted by atomic mass is 10.1. The second-order valence-electron chi connectivity index (χ2n) is 3.63. The molecule has 1 aromatic carbocycles. The van der Waals surface area contributed by atoms with E-state index in [1.807, 2.05) is 18.2 Å². The van der Waals surface area contributed by atoms with E-state index in [1.54, 1.807) is 0 Å². The summed E-state index contributed by atoms with van der Waals surface area (Å²) in [6.45, 7) is 2.91. The summed E-state index contributed by atoms with van der Waals surface area (Å²) in [6, 6.07) is 10.2. The first-order chi connectivity index (χ1) is 6.86. The Morgan fingerprint density at radius 2 is 2.14 bits per heavy atom. The van der Waals surface area contributed by atoms with Crippen molar-refractivity contribution in [2.75, 3.05) is 6.61 Å². The Hall–Kier alpha value is -0.860. The van der Waals surface area contributed by atoms with E-state index in [1.165, 1.54) is 5.56 Å². The highest BCUT2D eigenvalue weighted by Crippen LogP contribution is 2.23. The van der Waals surface area contributed by atoms with Crippen LogP contribution in [0.2, 0.25) is 0 Å². The second-order valence-corrected chi connectivity index (χ2v) is 3.63. The number of benzene rings is 1. The van der Waals surface area contributed by atoms with Crippen molar-refractivity contribution in [2.24, 2.45) is 0 Å². The molecule has 76 valence electrons. The molecule has 1 heterocycles. The lowest BCUT2D eigenvalue weighted by Gasteiger charge is -2.17. The van der Waals surface area contributed by atoms with Gasteiger partial charge in [-0.15, -0.1) is 0 Å². The third-order valence-corrected chi connectivity index (χ3v) is 2.51. The molecule has 1 aliphatic rings. The zero-order chi connectivity index (χ0) is 9.80. The fourth-order valence-electron chi connectivity index (χ4n) is 1.69. The average molecular weight is 192 g/mol. The van der Waals surface area contributed by atoms with E-state index in [-0.39, 0.29) is 12.4 Å². The van der Waals surface area contributed by atoms with Crippen molar-refractivity contribution in [2.45, 2.75) is 32.2 Å². The van der Waals surface area contributed by atoms with Crippen LogP contribution in [-0.2, 0) is 9.47 Å². The summed E-state index contributed by atoms with van der Waals surface area (Å²) in [5.74, 6) is 0. The molecule has 1 fully saturated rings. The van der Waals surface area contributed by atoms with Gasteiger partial charge in [0.05, 0.1) is 6.10 Å². The zero-order valence-electron chi connectivity index (χ0n) is 8.48. The molecule has 0 N–H and O–H groups in total. The van der Waals surface area contributed by atoms with E-state index >= 15 is 0 Å². The van der Waals surface area contributed by atoms with Gasteiger partial charge in [-0.3, -0.25) is 0 Å². The molecule has 2 atom stereocenters. The van der Waals surface area contributed by atoms with Crippen molar-refractivity contribution in [1.29, 1.82) is 0 Å². The molecule has 0 amide bonds. The zero-order valence-corrected chi connectivity index (χ0v) is 8.48. The van der Waals surface area contributed by atoms with Crippen LogP contribution in [0.1, 0.15) is 31.4 Å². The molecule has 2 heteroatoms. The van der Waals surface area contributed by atoms with Crippen LogP contribution in [0.4, 0.5) is 0 Å². The van der Waals surface area contributed by atoms with Gasteiger partial charge in [0.2, 0.25) is 0 Å². The van der Waals surface area contributed by atoms with E-state index in [4.69, 9.17) is 9.47 Å². The normalized spacial score (nSPS) is 23.6. The topological polar surface area (TPSA) is 18.5 Å². The van der Waals surface area contributed by atoms with Gasteiger partial charge in [0.1, 0.15) is 0 Å². The van der Waals surface area contributed by atoms with Gasteiger partial charge in [-0.2, -0.15) is 0 Å². The van der Waals surface area contributed by atoms with Gasteiger partial charge in [-0.05, 0) is 18.9 Å². The Morgan fingerprint density at radius 1 is 1.36 bits per heavy atom. The molecule has 0 radical (unpaired) electrons. The van der Waals surface area contributed by atoms with Crippen LogP contribution in [-0.4, -0.2) is 12.9 Å². The minimum absolute atomic E-state index is 0.00482. The van der Waals surface area contributed by atoms with Gasteiger partial charge in [0.25, 0.3) is 0 Å². The van der Waals surface area contributed by atoms with Gasteiger partial charge < -0.3 is 9.47 Å². The number of rotatable bonds is 3. The molecule has 0 aliphatic carbocycles. The molecule has 1 saturated heterocycles. The van der Waals surface area contributed by atoms with Crippen LogP contribution in [0.5, 0.6) is 0 Å². The van der Waals surface area contributed by atoms with Crippen LogP contribution in [0.15, 0.2) is 30.3 Å². The highest BCUT2D eigenvalue weighted by Gasteiger charge is 2.19. The Kier molecular flexibility index (Phi) is 3.17. The maximum atomic E-state index is 5.78. The summed E-state index contributed by atoms with van der Waals surface area (Å²) < 4.78 is 11.2. The van der Waals surface area contributed by atoms with Gasteiger partial charge in [-0.1, -0.05) is 30.3 Å². The highest BCUT2D eigenvalue weighted by molar-refractivity contribution is 5.16. The van der Waals surface area contributed by atoms with Gasteiger partial charge in [0.15, 0.2) is 6.29 Å². The molecular weight excluding hydrogens is 176 g/mol. The first-order valence-corrected chi connectivity index (χ1v) is 5.18. The minimum Gasteiger partial charge on any atom is -0.353 e. The Bertz CT molecular complexity index is 265. The summed E-state index contributed by atoms with van der Waals surface area (Å²) in [6.07, 6.45) is 2.27. The van der Waals surface area contributed by atoms with Crippen molar-refractivity contribution in [1.82, 2.24) is 0 Å². The SMILES string of the molecule is C[C@H](OC1CCCO1)c1ccccc1. The lowest BCUT2D eigenvalue weighted by Crippen LogP contribution is -2.13. The number of hydrogen-bond donors (Lipinski definition) is 0. The van der Waals surface area contributed by atoms with E-state index < -0.39 is 0 Å². The maximum Gasteiger partial charge on any atom is 0.158 e. The number of hydrogen-bond acceptors (Lipinski definition) is 2. The van der Waals surface area contributed by atoms with E-state index in [2.05, 4.69) is 19.1 Å². The average Bonchev–Trinajstić information content (AvgIpc) is 2.72. The monoisotopic (exact) mass is 192 g/mol.